The van der Waals surface area contributed by atoms with Crippen molar-refractivity contribution in [1.82, 2.24) is 20.3 Å². The number of benzene rings is 2. The first-order chi connectivity index (χ1) is 15.3. The summed E-state index contributed by atoms with van der Waals surface area (Å²) in [5.74, 6) is 1.17. The summed E-state index contributed by atoms with van der Waals surface area (Å²) in [4.78, 5) is 17.5. The highest BCUT2D eigenvalue weighted by molar-refractivity contribution is 5.95. The largest absolute Gasteiger partial charge is 0.488 e. The highest BCUT2D eigenvalue weighted by atomic mass is 16.5. The average Bonchev–Trinajstić information content (AvgIpc) is 3.26. The van der Waals surface area contributed by atoms with Crippen LogP contribution in [0.1, 0.15) is 21.6 Å². The molecule has 3 heterocycles. The van der Waals surface area contributed by atoms with Crippen LogP contribution in [-0.4, -0.2) is 60.1 Å². The SMILES string of the molecule is O=C(NCCN1CCN(Cc2ccccc2)CC1)c1noc2c1COc1ccccc1-2. The lowest BCUT2D eigenvalue weighted by Gasteiger charge is -2.34. The summed E-state index contributed by atoms with van der Waals surface area (Å²) in [6, 6.07) is 18.2. The number of nitrogens with one attached hydrogen (secondary N) is 1. The molecule has 1 aromatic heterocycles. The zero-order valence-electron chi connectivity index (χ0n) is 17.4. The molecule has 2 aliphatic rings. The summed E-state index contributed by atoms with van der Waals surface area (Å²) in [5.41, 5.74) is 3.22. The highest BCUT2D eigenvalue weighted by Gasteiger charge is 2.28. The zero-order valence-corrected chi connectivity index (χ0v) is 17.4. The van der Waals surface area contributed by atoms with Gasteiger partial charge in [0.15, 0.2) is 11.5 Å². The normalized spacial score (nSPS) is 16.3. The molecule has 0 aliphatic carbocycles. The van der Waals surface area contributed by atoms with Gasteiger partial charge < -0.3 is 14.6 Å². The Kier molecular flexibility index (Phi) is 5.69. The average molecular weight is 418 g/mol. The summed E-state index contributed by atoms with van der Waals surface area (Å²) in [6.07, 6.45) is 0. The van der Waals surface area contributed by atoms with Crippen molar-refractivity contribution in [2.75, 3.05) is 39.3 Å². The first-order valence-electron chi connectivity index (χ1n) is 10.8. The third kappa shape index (κ3) is 4.33. The van der Waals surface area contributed by atoms with Crippen molar-refractivity contribution in [3.8, 4) is 17.1 Å². The number of nitrogens with zero attached hydrogens (tertiary/aromatic N) is 3. The Balaban J connectivity index is 1.10. The van der Waals surface area contributed by atoms with E-state index in [1.807, 2.05) is 24.3 Å². The van der Waals surface area contributed by atoms with Crippen LogP contribution in [0.25, 0.3) is 11.3 Å². The second kappa shape index (κ2) is 8.91. The Hall–Kier alpha value is -3.16. The Morgan fingerprint density at radius 1 is 0.968 bits per heavy atom. The van der Waals surface area contributed by atoms with E-state index in [2.05, 4.69) is 50.6 Å². The van der Waals surface area contributed by atoms with Crippen LogP contribution in [0.3, 0.4) is 0 Å². The van der Waals surface area contributed by atoms with Crippen LogP contribution in [0.2, 0.25) is 0 Å². The number of hydrogen-bond acceptors (Lipinski definition) is 6. The lowest BCUT2D eigenvalue weighted by Crippen LogP contribution is -2.48. The maximum atomic E-state index is 12.7. The zero-order chi connectivity index (χ0) is 21.0. The first kappa shape index (κ1) is 19.8. The Labute approximate surface area is 181 Å². The maximum Gasteiger partial charge on any atom is 0.273 e. The van der Waals surface area contributed by atoms with Crippen molar-refractivity contribution >= 4 is 5.91 Å². The minimum atomic E-state index is -0.212. The fourth-order valence-electron chi connectivity index (χ4n) is 4.19. The summed E-state index contributed by atoms with van der Waals surface area (Å²) in [6.45, 7) is 6.78. The molecule has 7 nitrogen and oxygen atoms in total. The van der Waals surface area contributed by atoms with E-state index in [9.17, 15) is 4.79 Å². The van der Waals surface area contributed by atoms with Gasteiger partial charge in [-0.25, -0.2) is 0 Å². The fourth-order valence-corrected chi connectivity index (χ4v) is 4.19. The molecule has 3 aromatic rings. The topological polar surface area (TPSA) is 70.8 Å². The third-order valence-corrected chi connectivity index (χ3v) is 5.93. The Bertz CT molecular complexity index is 1040. The summed E-state index contributed by atoms with van der Waals surface area (Å²) < 4.78 is 11.2. The molecule has 31 heavy (non-hydrogen) atoms. The van der Waals surface area contributed by atoms with Gasteiger partial charge in [0.1, 0.15) is 12.4 Å². The van der Waals surface area contributed by atoms with Gasteiger partial charge in [-0.3, -0.25) is 14.6 Å². The second-order valence-corrected chi connectivity index (χ2v) is 7.98. The number of amides is 1. The fraction of sp³-hybridized carbons (Fsp3) is 0.333. The van der Waals surface area contributed by atoms with Crippen LogP contribution in [0, 0.1) is 0 Å². The molecule has 0 radical (unpaired) electrons. The van der Waals surface area contributed by atoms with Gasteiger partial charge in [-0.05, 0) is 17.7 Å². The first-order valence-corrected chi connectivity index (χ1v) is 10.8. The van der Waals surface area contributed by atoms with Crippen LogP contribution in [-0.2, 0) is 13.2 Å². The summed E-state index contributed by atoms with van der Waals surface area (Å²) >= 11 is 0. The molecule has 0 atom stereocenters. The van der Waals surface area contributed by atoms with E-state index in [0.29, 0.717) is 30.2 Å². The van der Waals surface area contributed by atoms with E-state index in [-0.39, 0.29) is 5.91 Å². The number of piperazine rings is 1. The molecule has 1 N–H and O–H groups in total. The van der Waals surface area contributed by atoms with Gasteiger partial charge in [-0.15, -0.1) is 0 Å². The molecule has 7 heteroatoms. The third-order valence-electron chi connectivity index (χ3n) is 5.93. The van der Waals surface area contributed by atoms with E-state index >= 15 is 0 Å². The monoisotopic (exact) mass is 418 g/mol. The Morgan fingerprint density at radius 2 is 1.71 bits per heavy atom. The number of aromatic nitrogens is 1. The van der Waals surface area contributed by atoms with Crippen molar-refractivity contribution in [3.63, 3.8) is 0 Å². The molecule has 5 rings (SSSR count). The van der Waals surface area contributed by atoms with Gasteiger partial charge in [0.25, 0.3) is 5.91 Å². The number of fused-ring (bicyclic) bond motifs is 3. The van der Waals surface area contributed by atoms with Crippen LogP contribution in [0.5, 0.6) is 5.75 Å². The van der Waals surface area contributed by atoms with Crippen molar-refractivity contribution in [2.45, 2.75) is 13.2 Å². The van der Waals surface area contributed by atoms with Gasteiger partial charge in [0.05, 0.1) is 11.1 Å². The van der Waals surface area contributed by atoms with Gasteiger partial charge >= 0.3 is 0 Å². The van der Waals surface area contributed by atoms with Gasteiger partial charge in [-0.2, -0.15) is 0 Å². The number of carbonyl (C=O) groups excluding carboxylic acids is 1. The maximum absolute atomic E-state index is 12.7. The number of para-hydroxylation sites is 1. The smallest absolute Gasteiger partial charge is 0.273 e. The Morgan fingerprint density at radius 3 is 2.55 bits per heavy atom. The van der Waals surface area contributed by atoms with Gasteiger partial charge in [0, 0.05) is 45.8 Å². The number of hydrogen-bond donors (Lipinski definition) is 1. The van der Waals surface area contributed by atoms with Crippen molar-refractivity contribution in [2.24, 2.45) is 0 Å². The van der Waals surface area contributed by atoms with Crippen LogP contribution < -0.4 is 10.1 Å². The van der Waals surface area contributed by atoms with Gasteiger partial charge in [0.2, 0.25) is 0 Å². The van der Waals surface area contributed by atoms with E-state index in [4.69, 9.17) is 9.26 Å². The molecule has 2 aliphatic heterocycles. The predicted octanol–water partition coefficient (Wildman–Crippen LogP) is 2.78. The number of ether oxygens (including phenoxy) is 1. The number of rotatable bonds is 6. The van der Waals surface area contributed by atoms with E-state index in [1.165, 1.54) is 5.56 Å². The molecule has 0 unspecified atom stereocenters. The quantitative estimate of drug-likeness (QED) is 0.664. The molecule has 1 saturated heterocycles. The molecular formula is C24H26N4O3. The van der Waals surface area contributed by atoms with E-state index < -0.39 is 0 Å². The molecule has 0 bridgehead atoms. The molecule has 160 valence electrons. The van der Waals surface area contributed by atoms with E-state index in [0.717, 1.165) is 50.6 Å². The van der Waals surface area contributed by atoms with Crippen LogP contribution in [0.4, 0.5) is 0 Å². The highest BCUT2D eigenvalue weighted by Crippen LogP contribution is 2.38. The molecular weight excluding hydrogens is 392 g/mol. The lowest BCUT2D eigenvalue weighted by atomic mass is 10.0. The summed E-state index contributed by atoms with van der Waals surface area (Å²) in [5, 5.41) is 7.01. The molecule has 2 aromatic carbocycles. The van der Waals surface area contributed by atoms with Crippen molar-refractivity contribution in [1.29, 1.82) is 0 Å². The van der Waals surface area contributed by atoms with Crippen LogP contribution in [0.15, 0.2) is 59.1 Å². The molecule has 0 spiro atoms. The van der Waals surface area contributed by atoms with Gasteiger partial charge in [-0.1, -0.05) is 47.6 Å². The number of carbonyl (C=O) groups is 1. The second-order valence-electron chi connectivity index (χ2n) is 7.98. The molecule has 1 fully saturated rings. The standard InChI is InChI=1S/C24H26N4O3/c29-24(22-20-17-30-21-9-5-4-8-19(21)23(20)31-26-22)25-10-11-27-12-14-28(15-13-27)16-18-6-2-1-3-7-18/h1-9H,10-17H2,(H,25,29). The van der Waals surface area contributed by atoms with Crippen molar-refractivity contribution < 1.29 is 14.1 Å². The lowest BCUT2D eigenvalue weighted by molar-refractivity contribution is 0.0923. The predicted molar refractivity (Wildman–Crippen MR) is 117 cm³/mol. The summed E-state index contributed by atoms with van der Waals surface area (Å²) in [7, 11) is 0. The molecule has 1 amide bonds. The molecule has 0 saturated carbocycles. The minimum Gasteiger partial charge on any atom is -0.488 e. The minimum absolute atomic E-state index is 0.212. The van der Waals surface area contributed by atoms with Crippen molar-refractivity contribution in [3.05, 3.63) is 71.4 Å². The van der Waals surface area contributed by atoms with Crippen LogP contribution >= 0.6 is 0 Å². The van der Waals surface area contributed by atoms with E-state index in [1.54, 1.807) is 0 Å².